The zero-order chi connectivity index (χ0) is 27.5. The molecule has 2 aromatic carbocycles. The van der Waals surface area contributed by atoms with Gasteiger partial charge in [-0.05, 0) is 80.3 Å². The van der Waals surface area contributed by atoms with Gasteiger partial charge in [-0.2, -0.15) is 0 Å². The lowest BCUT2D eigenvalue weighted by molar-refractivity contribution is -0.136. The second kappa shape index (κ2) is 10.9. The molecule has 3 heterocycles. The van der Waals surface area contributed by atoms with Crippen LogP contribution in [0.15, 0.2) is 60.8 Å². The quantitative estimate of drug-likeness (QED) is 0.314. The molecule has 1 saturated heterocycles. The molecule has 0 aliphatic carbocycles. The van der Waals surface area contributed by atoms with Crippen LogP contribution >= 0.6 is 0 Å². The standard InChI is InChI=1S/C29H28FN5O4/c1-18-24-7-3-6-14-35(24)27(31-18)29(39)33-23-16-19(8-11-25(23)34-12-4-2-5-13-34)28(38)32-22-10-9-21(30)15-20(22)17-26(36)37/h3,6-11,14-16H,2,4-5,12-13,17H2,1H3,(H,32,38)(H,33,39)(H,36,37). The second-order valence-corrected chi connectivity index (χ2v) is 9.54. The average molecular weight is 530 g/mol. The number of nitrogens with one attached hydrogen (secondary N) is 2. The van der Waals surface area contributed by atoms with Crippen LogP contribution in [0.5, 0.6) is 0 Å². The molecular weight excluding hydrogens is 501 g/mol. The maximum Gasteiger partial charge on any atom is 0.307 e. The molecule has 4 aromatic rings. The van der Waals surface area contributed by atoms with E-state index in [1.165, 1.54) is 6.07 Å². The third-order valence-corrected chi connectivity index (χ3v) is 6.80. The summed E-state index contributed by atoms with van der Waals surface area (Å²) in [5.74, 6) is -2.44. The van der Waals surface area contributed by atoms with Crippen LogP contribution in [0, 0.1) is 12.7 Å². The molecule has 5 rings (SSSR count). The highest BCUT2D eigenvalue weighted by atomic mass is 19.1. The van der Waals surface area contributed by atoms with Crippen LogP contribution in [-0.2, 0) is 11.2 Å². The van der Waals surface area contributed by atoms with Crippen LogP contribution in [0.2, 0.25) is 0 Å². The first-order chi connectivity index (χ1) is 18.8. The van der Waals surface area contributed by atoms with E-state index in [1.807, 2.05) is 25.1 Å². The first kappa shape index (κ1) is 25.9. The molecule has 2 aromatic heterocycles. The average Bonchev–Trinajstić information content (AvgIpc) is 3.27. The number of piperidine rings is 1. The Balaban J connectivity index is 1.47. The number of aryl methyl sites for hydroxylation is 1. The molecule has 9 nitrogen and oxygen atoms in total. The molecular formula is C29H28FN5O4. The number of imidazole rings is 1. The molecule has 0 bridgehead atoms. The van der Waals surface area contributed by atoms with Crippen molar-refractivity contribution in [2.24, 2.45) is 0 Å². The van der Waals surface area contributed by atoms with E-state index in [9.17, 15) is 23.9 Å². The third-order valence-electron chi connectivity index (χ3n) is 6.80. The fourth-order valence-electron chi connectivity index (χ4n) is 4.91. The van der Waals surface area contributed by atoms with Crippen molar-refractivity contribution in [3.63, 3.8) is 0 Å². The molecule has 1 aliphatic heterocycles. The molecule has 0 unspecified atom stereocenters. The van der Waals surface area contributed by atoms with Crippen molar-refractivity contribution in [3.8, 4) is 0 Å². The number of carboxylic acid groups (broad SMARTS) is 1. The van der Waals surface area contributed by atoms with Crippen molar-refractivity contribution < 1.29 is 23.9 Å². The number of carbonyl (C=O) groups excluding carboxylic acids is 2. The van der Waals surface area contributed by atoms with Gasteiger partial charge in [0.1, 0.15) is 5.82 Å². The summed E-state index contributed by atoms with van der Waals surface area (Å²) in [7, 11) is 0. The Bertz CT molecular complexity index is 1580. The molecule has 0 spiro atoms. The summed E-state index contributed by atoms with van der Waals surface area (Å²) in [4.78, 5) is 44.5. The molecule has 39 heavy (non-hydrogen) atoms. The van der Waals surface area contributed by atoms with Gasteiger partial charge in [-0.3, -0.25) is 18.8 Å². The largest absolute Gasteiger partial charge is 0.481 e. The van der Waals surface area contributed by atoms with Crippen LogP contribution in [0.1, 0.15) is 51.5 Å². The summed E-state index contributed by atoms with van der Waals surface area (Å²) in [5, 5.41) is 14.8. The summed E-state index contributed by atoms with van der Waals surface area (Å²) in [6.07, 6.45) is 4.51. The zero-order valence-electron chi connectivity index (χ0n) is 21.4. The second-order valence-electron chi connectivity index (χ2n) is 9.54. The van der Waals surface area contributed by atoms with E-state index in [0.29, 0.717) is 5.69 Å². The number of nitrogens with zero attached hydrogens (tertiary/aromatic N) is 3. The highest BCUT2D eigenvalue weighted by Gasteiger charge is 2.22. The van der Waals surface area contributed by atoms with Crippen LogP contribution < -0.4 is 15.5 Å². The fraction of sp³-hybridized carbons (Fsp3) is 0.241. The monoisotopic (exact) mass is 529 g/mol. The highest BCUT2D eigenvalue weighted by Crippen LogP contribution is 2.31. The van der Waals surface area contributed by atoms with Gasteiger partial charge in [-0.25, -0.2) is 9.37 Å². The summed E-state index contributed by atoms with van der Waals surface area (Å²) in [6, 6.07) is 14.2. The Morgan fingerprint density at radius 2 is 1.72 bits per heavy atom. The van der Waals surface area contributed by atoms with Gasteiger partial charge >= 0.3 is 5.97 Å². The number of amides is 2. The van der Waals surface area contributed by atoms with Gasteiger partial charge in [-0.15, -0.1) is 0 Å². The smallest absolute Gasteiger partial charge is 0.307 e. The predicted molar refractivity (Wildman–Crippen MR) is 146 cm³/mol. The Labute approximate surface area is 224 Å². The molecule has 0 saturated carbocycles. The van der Waals surface area contributed by atoms with Gasteiger partial charge in [0, 0.05) is 30.5 Å². The lowest BCUT2D eigenvalue weighted by Crippen LogP contribution is -2.30. The van der Waals surface area contributed by atoms with Gasteiger partial charge in [0.05, 0.1) is 29.0 Å². The normalized spacial score (nSPS) is 13.3. The van der Waals surface area contributed by atoms with E-state index in [0.717, 1.165) is 61.4 Å². The minimum absolute atomic E-state index is 0.149. The number of carbonyl (C=O) groups is 3. The van der Waals surface area contributed by atoms with Crippen molar-refractivity contribution in [1.82, 2.24) is 9.38 Å². The minimum atomic E-state index is -1.14. The zero-order valence-corrected chi connectivity index (χ0v) is 21.4. The number of hydrogen-bond donors (Lipinski definition) is 3. The lowest BCUT2D eigenvalue weighted by atomic mass is 10.1. The number of hydrogen-bond acceptors (Lipinski definition) is 5. The van der Waals surface area contributed by atoms with Crippen molar-refractivity contribution in [2.45, 2.75) is 32.6 Å². The van der Waals surface area contributed by atoms with Gasteiger partial charge < -0.3 is 20.6 Å². The van der Waals surface area contributed by atoms with Crippen LogP contribution in [0.4, 0.5) is 21.5 Å². The number of aromatic nitrogens is 2. The van der Waals surface area contributed by atoms with Gasteiger partial charge in [-0.1, -0.05) is 6.07 Å². The highest BCUT2D eigenvalue weighted by molar-refractivity contribution is 6.08. The fourth-order valence-corrected chi connectivity index (χ4v) is 4.91. The van der Waals surface area contributed by atoms with E-state index < -0.39 is 30.0 Å². The number of halogens is 1. The van der Waals surface area contributed by atoms with Crippen molar-refractivity contribution >= 4 is 40.4 Å². The summed E-state index contributed by atoms with van der Waals surface area (Å²) in [6.45, 7) is 3.49. The number of pyridine rings is 1. The molecule has 3 N–H and O–H groups in total. The summed E-state index contributed by atoms with van der Waals surface area (Å²) < 4.78 is 15.5. The first-order valence-corrected chi connectivity index (χ1v) is 12.8. The topological polar surface area (TPSA) is 116 Å². The molecule has 10 heteroatoms. The Kier molecular flexibility index (Phi) is 7.27. The first-order valence-electron chi connectivity index (χ1n) is 12.8. The number of fused-ring (bicyclic) bond motifs is 1. The number of benzene rings is 2. The SMILES string of the molecule is Cc1nc(C(=O)Nc2cc(C(=O)Nc3ccc(F)cc3CC(=O)O)ccc2N2CCCCC2)n2ccccc12. The van der Waals surface area contributed by atoms with E-state index >= 15 is 0 Å². The molecule has 0 radical (unpaired) electrons. The number of anilines is 3. The van der Waals surface area contributed by atoms with Gasteiger partial charge in [0.15, 0.2) is 0 Å². The Morgan fingerprint density at radius 1 is 0.949 bits per heavy atom. The van der Waals surface area contributed by atoms with E-state index in [1.54, 1.807) is 28.8 Å². The molecule has 200 valence electrons. The number of carboxylic acids is 1. The molecule has 0 atom stereocenters. The van der Waals surface area contributed by atoms with Crippen molar-refractivity contribution in [2.75, 3.05) is 28.6 Å². The summed E-state index contributed by atoms with van der Waals surface area (Å²) in [5.41, 5.74) is 3.41. The van der Waals surface area contributed by atoms with Crippen LogP contribution in [0.3, 0.4) is 0 Å². The van der Waals surface area contributed by atoms with Crippen LogP contribution in [-0.4, -0.2) is 45.4 Å². The molecule has 1 fully saturated rings. The maximum atomic E-state index is 13.7. The van der Waals surface area contributed by atoms with Crippen molar-refractivity contribution in [1.29, 1.82) is 0 Å². The van der Waals surface area contributed by atoms with Crippen LogP contribution in [0.25, 0.3) is 5.52 Å². The van der Waals surface area contributed by atoms with Crippen molar-refractivity contribution in [3.05, 3.63) is 89.3 Å². The van der Waals surface area contributed by atoms with Gasteiger partial charge in [0.2, 0.25) is 5.82 Å². The molecule has 2 amide bonds. The lowest BCUT2D eigenvalue weighted by Gasteiger charge is -2.30. The number of rotatable bonds is 7. The summed E-state index contributed by atoms with van der Waals surface area (Å²) >= 11 is 0. The molecule has 1 aliphatic rings. The Hall–Kier alpha value is -4.73. The predicted octanol–water partition coefficient (Wildman–Crippen LogP) is 4.90. The number of aliphatic carboxylic acids is 1. The van der Waals surface area contributed by atoms with E-state index in [-0.39, 0.29) is 22.6 Å². The maximum absolute atomic E-state index is 13.7. The minimum Gasteiger partial charge on any atom is -0.481 e. The third kappa shape index (κ3) is 5.59. The van der Waals surface area contributed by atoms with E-state index in [2.05, 4.69) is 20.5 Å². The Morgan fingerprint density at radius 3 is 2.49 bits per heavy atom. The van der Waals surface area contributed by atoms with Gasteiger partial charge in [0.25, 0.3) is 11.8 Å². The van der Waals surface area contributed by atoms with E-state index in [4.69, 9.17) is 0 Å².